The van der Waals surface area contributed by atoms with Gasteiger partial charge >= 0.3 is 6.18 Å². The minimum atomic E-state index is -4.53. The van der Waals surface area contributed by atoms with Crippen LogP contribution in [-0.4, -0.2) is 26.4 Å². The van der Waals surface area contributed by atoms with Gasteiger partial charge in [0.15, 0.2) is 0 Å². The number of carbonyl (C=O) groups excluding carboxylic acids is 1. The van der Waals surface area contributed by atoms with Crippen molar-refractivity contribution < 1.29 is 22.4 Å². The fourth-order valence-corrected chi connectivity index (χ4v) is 4.86. The van der Waals surface area contributed by atoms with Crippen LogP contribution in [0.25, 0.3) is 17.5 Å². The van der Waals surface area contributed by atoms with Crippen molar-refractivity contribution in [3.63, 3.8) is 0 Å². The molecule has 0 radical (unpaired) electrons. The second-order valence-electron chi connectivity index (χ2n) is 10.4. The Morgan fingerprint density at radius 3 is 2.31 bits per heavy atom. The van der Waals surface area contributed by atoms with Crippen molar-refractivity contribution in [2.24, 2.45) is 5.92 Å². The number of amides is 1. The topological polar surface area (TPSA) is 62.2 Å². The number of anilines is 3. The largest absolute Gasteiger partial charge is 0.416 e. The van der Waals surface area contributed by atoms with E-state index < -0.39 is 17.8 Å². The number of fused-ring (bicyclic) bond motifs is 1. The fourth-order valence-electron chi connectivity index (χ4n) is 4.63. The summed E-state index contributed by atoms with van der Waals surface area (Å²) in [5, 5.41) is 6.30. The molecular weight excluding hydrogens is 570 g/mol. The van der Waals surface area contributed by atoms with Gasteiger partial charge in [0, 0.05) is 23.7 Å². The third kappa shape index (κ3) is 6.13. The zero-order chi connectivity index (χ0) is 30.2. The first-order chi connectivity index (χ1) is 19.9. The van der Waals surface area contributed by atoms with Crippen LogP contribution < -0.4 is 10.6 Å². The molecular formula is C31H28ClF4N5O. The average molecular weight is 598 g/mol. The SMILES string of the molecule is Cc1ccc(Nc2c(-c3ccc(F)cc3)nc3n2C=CN(C(=O)C(Nc2ccc(C(F)(F)F)cc2Cl)C(C)C)C3)cc1. The number of alkyl halides is 3. The monoisotopic (exact) mass is 597 g/mol. The van der Waals surface area contributed by atoms with Crippen molar-refractivity contribution in [3.8, 4) is 11.3 Å². The van der Waals surface area contributed by atoms with E-state index in [4.69, 9.17) is 16.6 Å². The summed E-state index contributed by atoms with van der Waals surface area (Å²) in [5.74, 6) is 0.323. The van der Waals surface area contributed by atoms with E-state index in [1.165, 1.54) is 23.1 Å². The van der Waals surface area contributed by atoms with Crippen LogP contribution in [0.1, 0.15) is 30.8 Å². The van der Waals surface area contributed by atoms with Gasteiger partial charge in [-0.3, -0.25) is 9.36 Å². The highest BCUT2D eigenvalue weighted by Gasteiger charge is 2.33. The van der Waals surface area contributed by atoms with E-state index in [0.717, 1.165) is 23.4 Å². The molecule has 218 valence electrons. The van der Waals surface area contributed by atoms with Crippen molar-refractivity contribution >= 4 is 40.9 Å². The molecule has 42 heavy (non-hydrogen) atoms. The van der Waals surface area contributed by atoms with Crippen molar-refractivity contribution in [1.29, 1.82) is 0 Å². The van der Waals surface area contributed by atoms with Crippen LogP contribution in [0.2, 0.25) is 5.02 Å². The molecule has 0 fully saturated rings. The molecule has 3 aromatic carbocycles. The second-order valence-corrected chi connectivity index (χ2v) is 10.8. The van der Waals surface area contributed by atoms with Crippen LogP contribution in [0.4, 0.5) is 34.8 Å². The van der Waals surface area contributed by atoms with Crippen LogP contribution in [0.3, 0.4) is 0 Å². The molecule has 1 aromatic heterocycles. The first-order valence-electron chi connectivity index (χ1n) is 13.2. The molecule has 1 aliphatic rings. The van der Waals surface area contributed by atoms with Crippen molar-refractivity contribution in [1.82, 2.24) is 14.5 Å². The highest BCUT2D eigenvalue weighted by molar-refractivity contribution is 6.33. The zero-order valence-electron chi connectivity index (χ0n) is 23.0. The van der Waals surface area contributed by atoms with Crippen LogP contribution in [0.15, 0.2) is 72.9 Å². The Hall–Kier alpha value is -4.31. The molecule has 1 unspecified atom stereocenters. The number of hydrogen-bond donors (Lipinski definition) is 2. The number of aromatic nitrogens is 2. The van der Waals surface area contributed by atoms with Gasteiger partial charge in [0.25, 0.3) is 0 Å². The van der Waals surface area contributed by atoms with Gasteiger partial charge in [0.1, 0.15) is 29.2 Å². The molecule has 4 aromatic rings. The third-order valence-electron chi connectivity index (χ3n) is 6.95. The maximum atomic E-state index is 13.7. The zero-order valence-corrected chi connectivity index (χ0v) is 23.8. The van der Waals surface area contributed by atoms with E-state index in [-0.39, 0.29) is 34.9 Å². The fraction of sp³-hybridized carbons (Fsp3) is 0.226. The maximum Gasteiger partial charge on any atom is 0.416 e. The van der Waals surface area contributed by atoms with Gasteiger partial charge < -0.3 is 15.5 Å². The van der Waals surface area contributed by atoms with Gasteiger partial charge in [0.05, 0.1) is 22.8 Å². The average Bonchev–Trinajstić information content (AvgIpc) is 3.30. The molecule has 0 bridgehead atoms. The quantitative estimate of drug-likeness (QED) is 0.210. The summed E-state index contributed by atoms with van der Waals surface area (Å²) >= 11 is 6.16. The predicted octanol–water partition coefficient (Wildman–Crippen LogP) is 8.32. The lowest BCUT2D eigenvalue weighted by atomic mass is 10.0. The molecule has 2 heterocycles. The van der Waals surface area contributed by atoms with E-state index in [0.29, 0.717) is 22.9 Å². The minimum absolute atomic E-state index is 0.130. The summed E-state index contributed by atoms with van der Waals surface area (Å²) in [7, 11) is 0. The van der Waals surface area contributed by atoms with Gasteiger partial charge in [-0.2, -0.15) is 13.2 Å². The lowest BCUT2D eigenvalue weighted by Gasteiger charge is -2.30. The van der Waals surface area contributed by atoms with Crippen LogP contribution in [-0.2, 0) is 17.5 Å². The number of rotatable bonds is 7. The number of benzene rings is 3. The summed E-state index contributed by atoms with van der Waals surface area (Å²) in [6.45, 7) is 5.79. The highest BCUT2D eigenvalue weighted by Crippen LogP contribution is 2.36. The first kappa shape index (κ1) is 29.2. The van der Waals surface area contributed by atoms with E-state index in [1.807, 2.05) is 49.6 Å². The Balaban J connectivity index is 1.44. The molecule has 0 saturated carbocycles. The molecule has 0 saturated heterocycles. The van der Waals surface area contributed by atoms with Crippen LogP contribution in [0.5, 0.6) is 0 Å². The number of nitrogens with zero attached hydrogens (tertiary/aromatic N) is 3. The molecule has 6 nitrogen and oxygen atoms in total. The number of hydrogen-bond acceptors (Lipinski definition) is 4. The molecule has 0 spiro atoms. The second kappa shape index (κ2) is 11.5. The smallest absolute Gasteiger partial charge is 0.372 e. The first-order valence-corrected chi connectivity index (χ1v) is 13.6. The van der Waals surface area contributed by atoms with Gasteiger partial charge in [0.2, 0.25) is 5.91 Å². The molecule has 2 N–H and O–H groups in total. The lowest BCUT2D eigenvalue weighted by molar-refractivity contribution is -0.137. The standard InChI is InChI=1S/C31H28ClF4N5O/c1-18(2)27(38-25-13-8-21(16-24(25)32)31(34,35)36)30(42)40-14-15-41-26(17-40)39-28(20-6-9-22(33)10-7-20)29(41)37-23-11-4-19(3)5-12-23/h4-16,18,27,37-38H,17H2,1-3H3. The molecule has 0 aliphatic carbocycles. The normalized spacial score (nSPS) is 13.7. The van der Waals surface area contributed by atoms with Gasteiger partial charge in [-0.15, -0.1) is 0 Å². The third-order valence-corrected chi connectivity index (χ3v) is 7.26. The van der Waals surface area contributed by atoms with Gasteiger partial charge in [-0.1, -0.05) is 43.1 Å². The van der Waals surface area contributed by atoms with Gasteiger partial charge in [-0.05, 0) is 67.4 Å². The molecule has 1 atom stereocenters. The number of imidazole rings is 1. The lowest BCUT2D eigenvalue weighted by Crippen LogP contribution is -2.44. The van der Waals surface area contributed by atoms with E-state index in [2.05, 4.69) is 10.6 Å². The summed E-state index contributed by atoms with van der Waals surface area (Å²) in [6, 6.07) is 16.0. The Labute approximate surface area is 245 Å². The molecule has 1 amide bonds. The van der Waals surface area contributed by atoms with Crippen LogP contribution in [0, 0.1) is 18.7 Å². The minimum Gasteiger partial charge on any atom is -0.372 e. The van der Waals surface area contributed by atoms with E-state index >= 15 is 0 Å². The Morgan fingerprint density at radius 2 is 1.69 bits per heavy atom. The van der Waals surface area contributed by atoms with Crippen molar-refractivity contribution in [2.75, 3.05) is 10.6 Å². The maximum absolute atomic E-state index is 13.7. The van der Waals surface area contributed by atoms with Gasteiger partial charge in [-0.25, -0.2) is 9.37 Å². The highest BCUT2D eigenvalue weighted by atomic mass is 35.5. The summed E-state index contributed by atoms with van der Waals surface area (Å²) < 4.78 is 54.8. The summed E-state index contributed by atoms with van der Waals surface area (Å²) in [5.41, 5.74) is 2.56. The predicted molar refractivity (Wildman–Crippen MR) is 157 cm³/mol. The number of halogens is 5. The van der Waals surface area contributed by atoms with E-state index in [1.54, 1.807) is 24.5 Å². The molecule has 5 rings (SSSR count). The summed E-state index contributed by atoms with van der Waals surface area (Å²) in [4.78, 5) is 20.0. The van der Waals surface area contributed by atoms with E-state index in [9.17, 15) is 22.4 Å². The van der Waals surface area contributed by atoms with Crippen molar-refractivity contribution in [2.45, 2.75) is 39.5 Å². The molecule has 11 heteroatoms. The Morgan fingerprint density at radius 1 is 1.00 bits per heavy atom. The summed E-state index contributed by atoms with van der Waals surface area (Å²) in [6.07, 6.45) is -1.18. The number of aryl methyl sites for hydroxylation is 1. The van der Waals surface area contributed by atoms with Crippen molar-refractivity contribution in [3.05, 3.63) is 101 Å². The molecule has 1 aliphatic heterocycles. The number of carbonyl (C=O) groups is 1. The Kier molecular flexibility index (Phi) is 8.01. The Bertz CT molecular complexity index is 1630. The van der Waals surface area contributed by atoms with Crippen LogP contribution >= 0.6 is 11.6 Å². The number of nitrogens with one attached hydrogen (secondary N) is 2.